The summed E-state index contributed by atoms with van der Waals surface area (Å²) in [4.78, 5) is 25.9. The van der Waals surface area contributed by atoms with E-state index in [1.54, 1.807) is 20.4 Å². The zero-order valence-corrected chi connectivity index (χ0v) is 20.8. The van der Waals surface area contributed by atoms with Gasteiger partial charge in [0.1, 0.15) is 18.2 Å². The van der Waals surface area contributed by atoms with Crippen LogP contribution in [0.25, 0.3) is 27.9 Å². The number of fused-ring (bicyclic) bond motifs is 2. The van der Waals surface area contributed by atoms with E-state index in [0.717, 1.165) is 33.1 Å². The van der Waals surface area contributed by atoms with E-state index in [1.807, 2.05) is 89.6 Å². The smallest absolute Gasteiger partial charge is 0.270 e. The minimum Gasteiger partial charge on any atom is -0.497 e. The van der Waals surface area contributed by atoms with Crippen LogP contribution in [0.1, 0.15) is 15.9 Å². The summed E-state index contributed by atoms with van der Waals surface area (Å²) in [5.41, 5.74) is 4.37. The molecule has 38 heavy (non-hydrogen) atoms. The molecule has 0 spiro atoms. The molecule has 0 atom stereocenters. The van der Waals surface area contributed by atoms with E-state index in [-0.39, 0.29) is 17.6 Å². The van der Waals surface area contributed by atoms with Crippen molar-refractivity contribution in [3.8, 4) is 5.75 Å². The number of ketones is 1. The second-order valence-electron chi connectivity index (χ2n) is 8.73. The molecule has 0 radical (unpaired) electrons. The number of nitrogens with one attached hydrogen (secondary N) is 1. The van der Waals surface area contributed by atoms with Crippen LogP contribution < -0.4 is 4.74 Å². The number of benzene rings is 3. The monoisotopic (exact) mass is 504 g/mol. The van der Waals surface area contributed by atoms with Gasteiger partial charge in [0.2, 0.25) is 11.7 Å². The molecule has 0 bridgehead atoms. The molecule has 0 amide bonds. The minimum absolute atomic E-state index is 0.0334. The number of H-pyrrole nitrogens is 1. The summed E-state index contributed by atoms with van der Waals surface area (Å²) < 4.78 is 18.7. The minimum atomic E-state index is -0.324. The van der Waals surface area contributed by atoms with Crippen molar-refractivity contribution >= 4 is 51.1 Å². The zero-order valence-electron chi connectivity index (χ0n) is 20.8. The molecule has 1 aliphatic rings. The highest BCUT2D eigenvalue weighted by atomic mass is 16.5. The molecule has 0 saturated carbocycles. The van der Waals surface area contributed by atoms with Crippen LogP contribution >= 0.6 is 0 Å². The molecule has 0 aliphatic carbocycles. The molecular weight excluding hydrogens is 480 g/mol. The lowest BCUT2D eigenvalue weighted by molar-refractivity contribution is 0.105. The van der Waals surface area contributed by atoms with Crippen molar-refractivity contribution in [2.75, 3.05) is 14.2 Å². The molecule has 5 aromatic rings. The van der Waals surface area contributed by atoms with Crippen LogP contribution in [0, 0.1) is 0 Å². The fourth-order valence-electron chi connectivity index (χ4n) is 4.53. The maximum atomic E-state index is 13.5. The highest BCUT2D eigenvalue weighted by Gasteiger charge is 2.29. The van der Waals surface area contributed by atoms with Crippen LogP contribution in [0.5, 0.6) is 5.75 Å². The number of methoxy groups -OCH3 is 2. The Balaban J connectivity index is 1.45. The normalized spacial score (nSPS) is 15.4. The quantitative estimate of drug-likeness (QED) is 0.271. The topological polar surface area (TPSA) is 90.2 Å². The highest BCUT2D eigenvalue weighted by molar-refractivity contribution is 6.48. The van der Waals surface area contributed by atoms with E-state index in [0.29, 0.717) is 23.7 Å². The molecule has 0 fully saturated rings. The zero-order chi connectivity index (χ0) is 26.1. The molecule has 3 aromatic carbocycles. The van der Waals surface area contributed by atoms with E-state index < -0.39 is 0 Å². The lowest BCUT2D eigenvalue weighted by Gasteiger charge is -2.03. The fourth-order valence-corrected chi connectivity index (χ4v) is 4.53. The molecular formula is C30H24N4O4. The average Bonchev–Trinajstić information content (AvgIpc) is 3.65. The second kappa shape index (κ2) is 9.84. The average molecular weight is 505 g/mol. The Bertz CT molecular complexity index is 1760. The summed E-state index contributed by atoms with van der Waals surface area (Å²) >= 11 is 0. The molecule has 8 heteroatoms. The van der Waals surface area contributed by atoms with Gasteiger partial charge in [0.05, 0.1) is 23.9 Å². The van der Waals surface area contributed by atoms with Crippen molar-refractivity contribution < 1.29 is 19.0 Å². The Morgan fingerprint density at radius 2 is 1.79 bits per heavy atom. The Morgan fingerprint density at radius 3 is 2.58 bits per heavy atom. The Morgan fingerprint density at radius 1 is 1.03 bits per heavy atom. The van der Waals surface area contributed by atoms with Crippen molar-refractivity contribution in [3.63, 3.8) is 0 Å². The number of hydrogen-bond donors (Lipinski definition) is 1. The Labute approximate surface area is 218 Å². The fraction of sp³-hybridized carbons (Fsp3) is 0.100. The first-order valence-corrected chi connectivity index (χ1v) is 12.0. The molecule has 1 aliphatic heterocycles. The first-order chi connectivity index (χ1) is 18.6. The van der Waals surface area contributed by atoms with Gasteiger partial charge in [-0.05, 0) is 42.5 Å². The number of rotatable bonds is 7. The van der Waals surface area contributed by atoms with Crippen molar-refractivity contribution in [2.24, 2.45) is 9.98 Å². The van der Waals surface area contributed by atoms with Crippen LogP contribution in [0.3, 0.4) is 0 Å². The van der Waals surface area contributed by atoms with Gasteiger partial charge in [-0.25, -0.2) is 9.98 Å². The predicted octanol–water partition coefficient (Wildman–Crippen LogP) is 6.12. The van der Waals surface area contributed by atoms with Gasteiger partial charge >= 0.3 is 0 Å². The number of aromatic nitrogens is 2. The molecule has 2 aromatic heterocycles. The SMILES string of the molecule is COCn1cc(/C=C2\N=C(C(=O)c3c[nH]c4ccccc34)OC2=Nc2ccc(OC)cc2)c2ccccc21. The highest BCUT2D eigenvalue weighted by Crippen LogP contribution is 2.29. The van der Waals surface area contributed by atoms with Crippen molar-refractivity contribution in [3.05, 3.63) is 102 Å². The van der Waals surface area contributed by atoms with Gasteiger partial charge in [0, 0.05) is 41.4 Å². The molecule has 188 valence electrons. The number of nitrogens with zero attached hydrogens (tertiary/aromatic N) is 3. The predicted molar refractivity (Wildman–Crippen MR) is 148 cm³/mol. The molecule has 8 nitrogen and oxygen atoms in total. The van der Waals surface area contributed by atoms with Crippen molar-refractivity contribution in [1.29, 1.82) is 0 Å². The maximum Gasteiger partial charge on any atom is 0.270 e. The standard InChI is InChI=1S/C30H24N4O4/c1-36-18-34-17-19(22-7-4-6-10-27(22)34)15-26-29(32-20-11-13-21(37-2)14-12-20)38-30(33-26)28(35)24-16-31-25-9-5-3-8-23(24)25/h3-17,31H,18H2,1-2H3/b26-15-,32-29?. The number of para-hydroxylation sites is 2. The first kappa shape index (κ1) is 23.4. The molecule has 6 rings (SSSR count). The molecule has 0 saturated heterocycles. The summed E-state index contributed by atoms with van der Waals surface area (Å²) in [6.45, 7) is 0.403. The maximum absolute atomic E-state index is 13.5. The van der Waals surface area contributed by atoms with E-state index in [4.69, 9.17) is 14.2 Å². The Hall–Kier alpha value is -4.95. The van der Waals surface area contributed by atoms with Crippen molar-refractivity contribution in [2.45, 2.75) is 6.73 Å². The van der Waals surface area contributed by atoms with Gasteiger partial charge in [0.25, 0.3) is 5.90 Å². The van der Waals surface area contributed by atoms with E-state index in [1.165, 1.54) is 0 Å². The van der Waals surface area contributed by atoms with E-state index >= 15 is 0 Å². The third-order valence-corrected chi connectivity index (χ3v) is 6.35. The lowest BCUT2D eigenvalue weighted by Crippen LogP contribution is -2.16. The van der Waals surface area contributed by atoms with Gasteiger partial charge in [-0.3, -0.25) is 4.79 Å². The van der Waals surface area contributed by atoms with E-state index in [9.17, 15) is 4.79 Å². The third-order valence-electron chi connectivity index (χ3n) is 6.35. The molecule has 0 unspecified atom stereocenters. The summed E-state index contributed by atoms with van der Waals surface area (Å²) in [5, 5.41) is 1.82. The largest absolute Gasteiger partial charge is 0.497 e. The molecule has 3 heterocycles. The van der Waals surface area contributed by atoms with Gasteiger partial charge in [0.15, 0.2) is 0 Å². The van der Waals surface area contributed by atoms with Crippen LogP contribution in [0.2, 0.25) is 0 Å². The van der Waals surface area contributed by atoms with Crippen LogP contribution in [0.15, 0.2) is 101 Å². The second-order valence-corrected chi connectivity index (χ2v) is 8.73. The first-order valence-electron chi connectivity index (χ1n) is 12.0. The van der Waals surface area contributed by atoms with Crippen molar-refractivity contribution in [1.82, 2.24) is 9.55 Å². The van der Waals surface area contributed by atoms with Gasteiger partial charge in [-0.15, -0.1) is 0 Å². The summed E-state index contributed by atoms with van der Waals surface area (Å²) in [6, 6.07) is 22.9. The number of ether oxygens (including phenoxy) is 3. The number of Topliss-reactive ketones (excluding diaryl/α,β-unsaturated/α-hetero) is 1. The third kappa shape index (κ3) is 4.27. The number of hydrogen-bond acceptors (Lipinski definition) is 6. The van der Waals surface area contributed by atoms with Crippen LogP contribution in [0.4, 0.5) is 5.69 Å². The summed E-state index contributed by atoms with van der Waals surface area (Å²) in [7, 11) is 3.27. The summed E-state index contributed by atoms with van der Waals surface area (Å²) in [5.74, 6) is 0.598. The number of aromatic amines is 1. The van der Waals surface area contributed by atoms with Gasteiger partial charge in [-0.2, -0.15) is 0 Å². The van der Waals surface area contributed by atoms with Gasteiger partial charge < -0.3 is 23.8 Å². The lowest BCUT2D eigenvalue weighted by atomic mass is 10.1. The van der Waals surface area contributed by atoms with Crippen LogP contribution in [-0.2, 0) is 16.2 Å². The summed E-state index contributed by atoms with van der Waals surface area (Å²) in [6.07, 6.45) is 5.55. The Kier molecular flexibility index (Phi) is 6.07. The van der Waals surface area contributed by atoms with E-state index in [2.05, 4.69) is 15.0 Å². The number of aliphatic imine (C=N–C) groups is 2. The number of carbonyl (C=O) groups is 1. The van der Waals surface area contributed by atoms with Crippen LogP contribution in [-0.4, -0.2) is 41.3 Å². The number of carbonyl (C=O) groups excluding carboxylic acids is 1. The molecule has 1 N–H and O–H groups in total. The van der Waals surface area contributed by atoms with Gasteiger partial charge in [-0.1, -0.05) is 36.4 Å².